The molecule has 136 valence electrons. The van der Waals surface area contributed by atoms with Crippen LogP contribution in [-0.2, 0) is 9.84 Å². The molecule has 0 radical (unpaired) electrons. The quantitative estimate of drug-likeness (QED) is 0.902. The summed E-state index contributed by atoms with van der Waals surface area (Å²) in [6, 6.07) is 8.04. The second-order valence-corrected chi connectivity index (χ2v) is 9.70. The number of aromatic amines is 1. The zero-order valence-corrected chi connectivity index (χ0v) is 15.2. The summed E-state index contributed by atoms with van der Waals surface area (Å²) in [5.41, 5.74) is 1.84. The number of benzene rings is 1. The maximum atomic E-state index is 12.3. The summed E-state index contributed by atoms with van der Waals surface area (Å²) in [6.45, 7) is 2.72. The van der Waals surface area contributed by atoms with Crippen LogP contribution in [0.4, 0.5) is 0 Å². The number of nitrogens with one attached hydrogen (secondary N) is 1. The molecule has 0 spiro atoms. The van der Waals surface area contributed by atoms with Crippen LogP contribution in [0, 0.1) is 5.92 Å². The highest BCUT2D eigenvalue weighted by atomic mass is 32.2. The smallest absolute Gasteiger partial charge is 0.306 e. The lowest BCUT2D eigenvalue weighted by Crippen LogP contribution is -2.41. The van der Waals surface area contributed by atoms with Crippen molar-refractivity contribution in [1.82, 2.24) is 14.5 Å². The van der Waals surface area contributed by atoms with Crippen LogP contribution < -0.4 is 5.69 Å². The Bertz CT molecular complexity index is 907. The van der Waals surface area contributed by atoms with Gasteiger partial charge in [0.15, 0.2) is 9.84 Å². The van der Waals surface area contributed by atoms with Gasteiger partial charge in [0.1, 0.15) is 0 Å². The fourth-order valence-electron chi connectivity index (χ4n) is 4.42. The Morgan fingerprint density at radius 3 is 2.64 bits per heavy atom. The van der Waals surface area contributed by atoms with Gasteiger partial charge in [-0.05, 0) is 43.7 Å². The molecule has 2 aromatic rings. The molecule has 1 aromatic heterocycles. The van der Waals surface area contributed by atoms with Crippen molar-refractivity contribution in [3.63, 3.8) is 0 Å². The topological polar surface area (TPSA) is 75.2 Å². The fraction of sp³-hybridized carbons (Fsp3) is 0.611. The van der Waals surface area contributed by atoms with Crippen LogP contribution >= 0.6 is 0 Å². The monoisotopic (exact) mass is 363 g/mol. The molecule has 7 heteroatoms. The van der Waals surface area contributed by atoms with Gasteiger partial charge in [-0.25, -0.2) is 13.2 Å². The first kappa shape index (κ1) is 16.8. The predicted octanol–water partition coefficient (Wildman–Crippen LogP) is 1.79. The molecule has 3 heterocycles. The van der Waals surface area contributed by atoms with Gasteiger partial charge in [-0.3, -0.25) is 4.57 Å². The molecule has 1 N–H and O–H groups in total. The lowest BCUT2D eigenvalue weighted by atomic mass is 10.0. The molecular weight excluding hydrogens is 338 g/mol. The zero-order valence-electron chi connectivity index (χ0n) is 14.4. The second kappa shape index (κ2) is 6.61. The van der Waals surface area contributed by atoms with E-state index in [0.717, 1.165) is 56.4 Å². The Labute approximate surface area is 147 Å². The first-order valence-electron chi connectivity index (χ1n) is 9.14. The van der Waals surface area contributed by atoms with Crippen LogP contribution in [0.2, 0.25) is 0 Å². The third-order valence-corrected chi connectivity index (χ3v) is 7.51. The molecule has 2 fully saturated rings. The first-order chi connectivity index (χ1) is 12.0. The van der Waals surface area contributed by atoms with Crippen LogP contribution in [0.3, 0.4) is 0 Å². The minimum absolute atomic E-state index is 0.0296. The predicted molar refractivity (Wildman–Crippen MR) is 98.6 cm³/mol. The number of aromatic nitrogens is 2. The van der Waals surface area contributed by atoms with E-state index in [4.69, 9.17) is 0 Å². The van der Waals surface area contributed by atoms with Crippen molar-refractivity contribution < 1.29 is 8.42 Å². The van der Waals surface area contributed by atoms with Gasteiger partial charge in [0.05, 0.1) is 22.5 Å². The number of hydrogen-bond donors (Lipinski definition) is 1. The van der Waals surface area contributed by atoms with Crippen LogP contribution in [-0.4, -0.2) is 54.0 Å². The van der Waals surface area contributed by atoms with E-state index in [1.807, 2.05) is 28.8 Å². The van der Waals surface area contributed by atoms with Crippen molar-refractivity contribution in [2.45, 2.75) is 31.7 Å². The van der Waals surface area contributed by atoms with E-state index in [-0.39, 0.29) is 17.6 Å². The molecule has 1 unspecified atom stereocenters. The van der Waals surface area contributed by atoms with E-state index in [2.05, 4.69) is 9.88 Å². The van der Waals surface area contributed by atoms with Gasteiger partial charge in [-0.2, -0.15) is 0 Å². The fourth-order valence-corrected chi connectivity index (χ4v) is 6.19. The molecule has 2 aliphatic rings. The molecule has 2 saturated heterocycles. The highest BCUT2D eigenvalue weighted by Gasteiger charge is 2.29. The molecule has 0 amide bonds. The number of piperidine rings is 1. The largest absolute Gasteiger partial charge is 0.326 e. The van der Waals surface area contributed by atoms with E-state index in [1.165, 1.54) is 0 Å². The molecule has 0 saturated carbocycles. The number of imidazole rings is 1. The van der Waals surface area contributed by atoms with E-state index < -0.39 is 9.84 Å². The summed E-state index contributed by atoms with van der Waals surface area (Å²) in [4.78, 5) is 17.6. The minimum atomic E-state index is -2.84. The number of hydrogen-bond acceptors (Lipinski definition) is 4. The third-order valence-electron chi connectivity index (χ3n) is 5.62. The van der Waals surface area contributed by atoms with Crippen LogP contribution in [0.15, 0.2) is 29.1 Å². The number of para-hydroxylation sites is 2. The van der Waals surface area contributed by atoms with Crippen molar-refractivity contribution >= 4 is 20.9 Å². The normalized spacial score (nSPS) is 25.4. The van der Waals surface area contributed by atoms with Gasteiger partial charge >= 0.3 is 5.69 Å². The van der Waals surface area contributed by atoms with Gasteiger partial charge < -0.3 is 9.88 Å². The molecule has 0 aliphatic carbocycles. The lowest BCUT2D eigenvalue weighted by molar-refractivity contribution is 0.163. The molecule has 0 bridgehead atoms. The second-order valence-electron chi connectivity index (χ2n) is 7.47. The summed E-state index contributed by atoms with van der Waals surface area (Å²) in [6.07, 6.45) is 3.68. The Morgan fingerprint density at radius 1 is 1.12 bits per heavy atom. The van der Waals surface area contributed by atoms with Crippen LogP contribution in [0.1, 0.15) is 31.7 Å². The molecule has 2 aliphatic heterocycles. The van der Waals surface area contributed by atoms with E-state index in [9.17, 15) is 13.2 Å². The van der Waals surface area contributed by atoms with Gasteiger partial charge in [0, 0.05) is 25.7 Å². The Morgan fingerprint density at radius 2 is 1.88 bits per heavy atom. The third kappa shape index (κ3) is 3.53. The summed E-state index contributed by atoms with van der Waals surface area (Å²) < 4.78 is 25.5. The van der Waals surface area contributed by atoms with Crippen LogP contribution in [0.25, 0.3) is 11.0 Å². The van der Waals surface area contributed by atoms with Gasteiger partial charge in [0.2, 0.25) is 0 Å². The van der Waals surface area contributed by atoms with Crippen molar-refractivity contribution in [3.05, 3.63) is 34.7 Å². The van der Waals surface area contributed by atoms with Crippen molar-refractivity contribution in [1.29, 1.82) is 0 Å². The number of likely N-dealkylation sites (tertiary alicyclic amines) is 1. The zero-order chi connectivity index (χ0) is 17.4. The Hall–Kier alpha value is -1.60. The standard InChI is InChI=1S/C18H25N3O3S/c22-18-19-16-5-1-2-6-17(16)21(18)15-7-9-20(10-8-15)12-14-4-3-11-25(23,24)13-14/h1-2,5-6,14-15H,3-4,7-13H2,(H,19,22). The highest BCUT2D eigenvalue weighted by Crippen LogP contribution is 2.27. The summed E-state index contributed by atoms with van der Waals surface area (Å²) in [5, 5.41) is 0. The SMILES string of the molecule is O=c1[nH]c2ccccc2n1C1CCN(CC2CCCS(=O)(=O)C2)CC1. The number of fused-ring (bicyclic) bond motifs is 1. The molecular formula is C18H25N3O3S. The Balaban J connectivity index is 1.41. The average Bonchev–Trinajstić information content (AvgIpc) is 2.90. The van der Waals surface area contributed by atoms with E-state index >= 15 is 0 Å². The molecule has 1 atom stereocenters. The van der Waals surface area contributed by atoms with E-state index in [1.54, 1.807) is 0 Å². The van der Waals surface area contributed by atoms with Crippen LogP contribution in [0.5, 0.6) is 0 Å². The number of rotatable bonds is 3. The van der Waals surface area contributed by atoms with E-state index in [0.29, 0.717) is 11.5 Å². The number of nitrogens with zero attached hydrogens (tertiary/aromatic N) is 2. The number of H-pyrrole nitrogens is 1. The van der Waals surface area contributed by atoms with Gasteiger partial charge in [-0.1, -0.05) is 12.1 Å². The Kier molecular flexibility index (Phi) is 4.45. The summed E-state index contributed by atoms with van der Waals surface area (Å²) in [7, 11) is -2.84. The summed E-state index contributed by atoms with van der Waals surface area (Å²) >= 11 is 0. The molecule has 25 heavy (non-hydrogen) atoms. The molecule has 1 aromatic carbocycles. The summed E-state index contributed by atoms with van der Waals surface area (Å²) in [5.74, 6) is 0.968. The van der Waals surface area contributed by atoms with Crippen molar-refractivity contribution in [2.24, 2.45) is 5.92 Å². The maximum absolute atomic E-state index is 12.3. The highest BCUT2D eigenvalue weighted by molar-refractivity contribution is 7.91. The number of sulfone groups is 1. The molecule has 4 rings (SSSR count). The van der Waals surface area contributed by atoms with Gasteiger partial charge in [0.25, 0.3) is 0 Å². The average molecular weight is 363 g/mol. The van der Waals surface area contributed by atoms with Gasteiger partial charge in [-0.15, -0.1) is 0 Å². The van der Waals surface area contributed by atoms with Crippen molar-refractivity contribution in [3.8, 4) is 0 Å². The minimum Gasteiger partial charge on any atom is -0.306 e. The first-order valence-corrected chi connectivity index (χ1v) is 11.0. The molecule has 6 nitrogen and oxygen atoms in total. The maximum Gasteiger partial charge on any atom is 0.326 e. The lowest BCUT2D eigenvalue weighted by Gasteiger charge is -2.35. The van der Waals surface area contributed by atoms with Crippen molar-refractivity contribution in [2.75, 3.05) is 31.1 Å².